The van der Waals surface area contributed by atoms with Crippen LogP contribution in [0.25, 0.3) is 17.2 Å². The Hall–Kier alpha value is -4.19. The lowest BCUT2D eigenvalue weighted by molar-refractivity contribution is -0.127. The molecule has 2 N–H and O–H groups in total. The molecule has 2 amide bonds. The highest BCUT2D eigenvalue weighted by Gasteiger charge is 2.22. The molecule has 0 saturated carbocycles. The summed E-state index contributed by atoms with van der Waals surface area (Å²) in [5, 5.41) is 0. The van der Waals surface area contributed by atoms with Crippen molar-refractivity contribution in [1.29, 1.82) is 0 Å². The van der Waals surface area contributed by atoms with Crippen molar-refractivity contribution in [3.8, 4) is 11.1 Å². The summed E-state index contributed by atoms with van der Waals surface area (Å²) in [6.07, 6.45) is 5.27. The first-order chi connectivity index (χ1) is 18.5. The van der Waals surface area contributed by atoms with Crippen molar-refractivity contribution < 1.29 is 9.59 Å². The van der Waals surface area contributed by atoms with Gasteiger partial charge in [0.2, 0.25) is 0 Å². The minimum Gasteiger partial charge on any atom is -0.387 e. The van der Waals surface area contributed by atoms with Gasteiger partial charge in [0, 0.05) is 49.3 Å². The number of amides is 2. The van der Waals surface area contributed by atoms with Gasteiger partial charge in [0.25, 0.3) is 11.8 Å². The van der Waals surface area contributed by atoms with Gasteiger partial charge in [-0.05, 0) is 60.2 Å². The van der Waals surface area contributed by atoms with E-state index in [1.165, 1.54) is 0 Å². The molecule has 0 aliphatic carbocycles. The van der Waals surface area contributed by atoms with Gasteiger partial charge < -0.3 is 15.5 Å². The average molecular weight is 507 g/mol. The van der Waals surface area contributed by atoms with Crippen LogP contribution in [-0.4, -0.2) is 47.1 Å². The minimum absolute atomic E-state index is 0.0102. The van der Waals surface area contributed by atoms with Crippen molar-refractivity contribution >= 4 is 29.4 Å². The highest BCUT2D eigenvalue weighted by Crippen LogP contribution is 2.32. The van der Waals surface area contributed by atoms with Gasteiger partial charge in [-0.2, -0.15) is 0 Å². The number of carbonyl (C=O) groups is 2. The van der Waals surface area contributed by atoms with Crippen molar-refractivity contribution in [2.45, 2.75) is 39.2 Å². The number of nitrogens with two attached hydrogens (primary N) is 1. The summed E-state index contributed by atoms with van der Waals surface area (Å²) < 4.78 is 0. The Kier molecular flexibility index (Phi) is 7.68. The van der Waals surface area contributed by atoms with Gasteiger partial charge in [-0.1, -0.05) is 61.5 Å². The van der Waals surface area contributed by atoms with Crippen LogP contribution in [0, 0.1) is 0 Å². The predicted octanol–water partition coefficient (Wildman–Crippen LogP) is 5.80. The number of amidine groups is 1. The normalized spacial score (nSPS) is 14.8. The van der Waals surface area contributed by atoms with E-state index in [1.807, 2.05) is 88.7 Å². The molecule has 194 valence electrons. The van der Waals surface area contributed by atoms with E-state index in [1.54, 1.807) is 0 Å². The summed E-state index contributed by atoms with van der Waals surface area (Å²) in [7, 11) is 0. The predicted molar refractivity (Wildman–Crippen MR) is 153 cm³/mol. The molecule has 0 atom stereocenters. The van der Waals surface area contributed by atoms with Crippen LogP contribution in [0.5, 0.6) is 0 Å². The Bertz CT molecular complexity index is 1370. The first kappa shape index (κ1) is 25.5. The van der Waals surface area contributed by atoms with Crippen molar-refractivity contribution in [2.75, 3.05) is 19.6 Å². The van der Waals surface area contributed by atoms with Gasteiger partial charge >= 0.3 is 0 Å². The molecule has 1 saturated heterocycles. The molecule has 6 heteroatoms. The second kappa shape index (κ2) is 11.5. The van der Waals surface area contributed by atoms with Gasteiger partial charge in [0.1, 0.15) is 5.84 Å². The summed E-state index contributed by atoms with van der Waals surface area (Å²) in [5.41, 5.74) is 12.4. The van der Waals surface area contributed by atoms with E-state index in [2.05, 4.69) is 11.9 Å². The fourth-order valence-corrected chi connectivity index (χ4v) is 5.14. The number of hydrogen-bond donors (Lipinski definition) is 1. The van der Waals surface area contributed by atoms with Crippen LogP contribution in [0.4, 0.5) is 5.69 Å². The quantitative estimate of drug-likeness (QED) is 0.440. The number of likely N-dealkylation sites (tertiary alicyclic amines) is 1. The molecule has 2 aliphatic rings. The van der Waals surface area contributed by atoms with Crippen molar-refractivity contribution in [2.24, 2.45) is 10.7 Å². The van der Waals surface area contributed by atoms with Crippen LogP contribution < -0.4 is 5.73 Å². The molecule has 0 radical (unpaired) electrons. The zero-order valence-corrected chi connectivity index (χ0v) is 21.9. The smallest absolute Gasteiger partial charge is 0.253 e. The SMILES string of the molecule is CCCN(Cc1ccccc1)C(=O)C1=Cc2ccc(-c3ccc(C(=O)N4CCCC4)cc3)cc2N=C(N)C1. The van der Waals surface area contributed by atoms with E-state index in [-0.39, 0.29) is 11.8 Å². The molecule has 1 fully saturated rings. The van der Waals surface area contributed by atoms with E-state index in [9.17, 15) is 9.59 Å². The highest BCUT2D eigenvalue weighted by atomic mass is 16.2. The topological polar surface area (TPSA) is 79.0 Å². The van der Waals surface area contributed by atoms with Crippen LogP contribution in [0.2, 0.25) is 0 Å². The zero-order valence-electron chi connectivity index (χ0n) is 21.9. The number of rotatable bonds is 7. The molecule has 6 nitrogen and oxygen atoms in total. The molecule has 0 unspecified atom stereocenters. The van der Waals surface area contributed by atoms with Gasteiger partial charge in [0.05, 0.1) is 5.69 Å². The van der Waals surface area contributed by atoms with E-state index >= 15 is 0 Å². The molecular formula is C32H34N4O2. The Labute approximate surface area is 224 Å². The second-order valence-corrected chi connectivity index (χ2v) is 10.0. The van der Waals surface area contributed by atoms with Crippen LogP contribution in [0.1, 0.15) is 54.1 Å². The highest BCUT2D eigenvalue weighted by molar-refractivity contribution is 6.05. The molecular weight excluding hydrogens is 472 g/mol. The van der Waals surface area contributed by atoms with Crippen LogP contribution in [0.3, 0.4) is 0 Å². The third kappa shape index (κ3) is 5.70. The fourth-order valence-electron chi connectivity index (χ4n) is 5.14. The van der Waals surface area contributed by atoms with E-state index in [0.717, 1.165) is 60.3 Å². The van der Waals surface area contributed by atoms with Gasteiger partial charge in [-0.3, -0.25) is 9.59 Å². The number of aliphatic imine (C=N–C) groups is 1. The van der Waals surface area contributed by atoms with Crippen LogP contribution >= 0.6 is 0 Å². The average Bonchev–Trinajstić information content (AvgIpc) is 3.42. The summed E-state index contributed by atoms with van der Waals surface area (Å²) in [4.78, 5) is 34.7. The Morgan fingerprint density at radius 2 is 1.66 bits per heavy atom. The minimum atomic E-state index is -0.0102. The standard InChI is InChI=1S/C32H34N4O2/c1-2-16-36(22-23-8-4-3-5-9-23)32(38)28-19-27-15-14-26(20-29(27)34-30(33)21-28)24-10-12-25(13-11-24)31(37)35-17-6-7-18-35/h3-5,8-15,19-20H,2,6-7,16-18,21-22H2,1H3,(H2,33,34). The number of hydrogen-bond acceptors (Lipinski definition) is 4. The van der Waals surface area contributed by atoms with Crippen molar-refractivity contribution in [3.05, 3.63) is 95.1 Å². The molecule has 38 heavy (non-hydrogen) atoms. The van der Waals surface area contributed by atoms with Crippen LogP contribution in [-0.2, 0) is 11.3 Å². The number of carbonyl (C=O) groups excluding carboxylic acids is 2. The van der Waals surface area contributed by atoms with E-state index < -0.39 is 0 Å². The molecule has 3 aromatic carbocycles. The molecule has 0 spiro atoms. The Morgan fingerprint density at radius 1 is 0.947 bits per heavy atom. The van der Waals surface area contributed by atoms with Gasteiger partial charge in [0.15, 0.2) is 0 Å². The van der Waals surface area contributed by atoms with Gasteiger partial charge in [-0.15, -0.1) is 0 Å². The Morgan fingerprint density at radius 3 is 2.37 bits per heavy atom. The maximum atomic E-state index is 13.6. The van der Waals surface area contributed by atoms with Crippen LogP contribution in [0.15, 0.2) is 83.4 Å². The maximum Gasteiger partial charge on any atom is 0.253 e. The largest absolute Gasteiger partial charge is 0.387 e. The third-order valence-corrected chi connectivity index (χ3v) is 7.13. The summed E-state index contributed by atoms with van der Waals surface area (Å²) in [5.74, 6) is 0.507. The van der Waals surface area contributed by atoms with E-state index in [4.69, 9.17) is 5.73 Å². The lowest BCUT2D eigenvalue weighted by Gasteiger charge is -2.23. The van der Waals surface area contributed by atoms with E-state index in [0.29, 0.717) is 36.5 Å². The van der Waals surface area contributed by atoms with Gasteiger partial charge in [-0.25, -0.2) is 4.99 Å². The lowest BCUT2D eigenvalue weighted by Crippen LogP contribution is -2.33. The monoisotopic (exact) mass is 506 g/mol. The molecule has 3 aromatic rings. The fraction of sp³-hybridized carbons (Fsp3) is 0.281. The summed E-state index contributed by atoms with van der Waals surface area (Å²) in [6, 6.07) is 23.8. The summed E-state index contributed by atoms with van der Waals surface area (Å²) >= 11 is 0. The number of benzene rings is 3. The van der Waals surface area contributed by atoms with Crippen molar-refractivity contribution in [3.63, 3.8) is 0 Å². The maximum absolute atomic E-state index is 13.6. The molecule has 0 aromatic heterocycles. The second-order valence-electron chi connectivity index (χ2n) is 10.0. The zero-order chi connectivity index (χ0) is 26.5. The number of nitrogens with zero attached hydrogens (tertiary/aromatic N) is 3. The first-order valence-electron chi connectivity index (χ1n) is 13.4. The molecule has 5 rings (SSSR count). The van der Waals surface area contributed by atoms with Crippen molar-refractivity contribution in [1.82, 2.24) is 9.80 Å². The molecule has 2 aliphatic heterocycles. The molecule has 2 heterocycles. The Balaban J connectivity index is 1.38. The molecule has 0 bridgehead atoms. The number of fused-ring (bicyclic) bond motifs is 1. The summed E-state index contributed by atoms with van der Waals surface area (Å²) in [6.45, 7) is 4.99. The lowest BCUT2D eigenvalue weighted by atomic mass is 9.99. The third-order valence-electron chi connectivity index (χ3n) is 7.13. The first-order valence-corrected chi connectivity index (χ1v) is 13.4.